The number of allylic oxidation sites excluding steroid dienone is 2. The second kappa shape index (κ2) is 22.9. The maximum Gasteiger partial charge on any atom is -0.0151 e. The highest BCUT2D eigenvalue weighted by molar-refractivity contribution is 5.75. The lowest BCUT2D eigenvalue weighted by Crippen LogP contribution is -1.94. The molecular formula is C58H68. The van der Waals surface area contributed by atoms with E-state index in [9.17, 15) is 0 Å². The van der Waals surface area contributed by atoms with Crippen LogP contribution in [-0.4, -0.2) is 0 Å². The van der Waals surface area contributed by atoms with Crippen LogP contribution in [0.15, 0.2) is 146 Å². The first-order valence-electron chi connectivity index (χ1n) is 22.9. The van der Waals surface area contributed by atoms with Crippen LogP contribution in [0.1, 0.15) is 125 Å². The minimum atomic E-state index is 1.02. The van der Waals surface area contributed by atoms with E-state index in [1.165, 1.54) is 129 Å². The predicted molar refractivity (Wildman–Crippen MR) is 255 cm³/mol. The highest BCUT2D eigenvalue weighted by Crippen LogP contribution is 2.33. The van der Waals surface area contributed by atoms with Gasteiger partial charge in [0.05, 0.1) is 0 Å². The van der Waals surface area contributed by atoms with Crippen LogP contribution in [0.4, 0.5) is 0 Å². The van der Waals surface area contributed by atoms with E-state index in [0.29, 0.717) is 0 Å². The van der Waals surface area contributed by atoms with Gasteiger partial charge in [0.25, 0.3) is 0 Å². The van der Waals surface area contributed by atoms with Gasteiger partial charge in [-0.05, 0) is 155 Å². The molecule has 58 heavy (non-hydrogen) atoms. The lowest BCUT2D eigenvalue weighted by molar-refractivity contribution is 0.795. The van der Waals surface area contributed by atoms with Crippen molar-refractivity contribution >= 4 is 0 Å². The summed E-state index contributed by atoms with van der Waals surface area (Å²) >= 11 is 0. The van der Waals surface area contributed by atoms with Gasteiger partial charge in [0.2, 0.25) is 0 Å². The summed E-state index contributed by atoms with van der Waals surface area (Å²) < 4.78 is 0. The van der Waals surface area contributed by atoms with Gasteiger partial charge >= 0.3 is 0 Å². The van der Waals surface area contributed by atoms with Gasteiger partial charge in [-0.25, -0.2) is 0 Å². The third kappa shape index (κ3) is 12.3. The van der Waals surface area contributed by atoms with Crippen molar-refractivity contribution in [2.75, 3.05) is 0 Å². The molecule has 0 nitrogen and oxygen atoms in total. The maximum absolute atomic E-state index is 2.46. The lowest BCUT2D eigenvalue weighted by Gasteiger charge is -2.14. The Balaban J connectivity index is 1.19. The largest absolute Gasteiger partial charge is 0.0882 e. The van der Waals surface area contributed by atoms with Crippen molar-refractivity contribution in [1.82, 2.24) is 0 Å². The third-order valence-corrected chi connectivity index (χ3v) is 11.9. The normalized spacial score (nSPS) is 11.4. The molecule has 6 aromatic carbocycles. The van der Waals surface area contributed by atoms with Crippen LogP contribution in [0.3, 0.4) is 0 Å². The van der Waals surface area contributed by atoms with E-state index in [1.807, 2.05) is 0 Å². The van der Waals surface area contributed by atoms with Crippen molar-refractivity contribution in [2.24, 2.45) is 0 Å². The zero-order chi connectivity index (χ0) is 40.4. The summed E-state index contributed by atoms with van der Waals surface area (Å²) in [6.45, 7) is 9.08. The molecule has 0 N–H and O–H groups in total. The fraction of sp³-hybridized carbons (Fsp3) is 0.345. The zero-order valence-corrected chi connectivity index (χ0v) is 36.2. The fourth-order valence-electron chi connectivity index (χ4n) is 8.19. The predicted octanol–water partition coefficient (Wildman–Crippen LogP) is 16.8. The van der Waals surface area contributed by atoms with Gasteiger partial charge in [0, 0.05) is 0 Å². The van der Waals surface area contributed by atoms with Crippen molar-refractivity contribution in [3.8, 4) is 44.5 Å². The van der Waals surface area contributed by atoms with E-state index >= 15 is 0 Å². The van der Waals surface area contributed by atoms with Crippen LogP contribution in [0, 0.1) is 0 Å². The van der Waals surface area contributed by atoms with E-state index in [1.54, 1.807) is 0 Å². The highest BCUT2D eigenvalue weighted by Gasteiger charge is 2.11. The van der Waals surface area contributed by atoms with Gasteiger partial charge < -0.3 is 0 Å². The Labute approximate surface area is 352 Å². The Morgan fingerprint density at radius 3 is 0.862 bits per heavy atom. The van der Waals surface area contributed by atoms with E-state index < -0.39 is 0 Å². The molecule has 0 aliphatic heterocycles. The van der Waals surface area contributed by atoms with Crippen molar-refractivity contribution in [1.29, 1.82) is 0 Å². The first kappa shape index (κ1) is 42.7. The molecule has 0 aliphatic rings. The van der Waals surface area contributed by atoms with Crippen molar-refractivity contribution in [3.05, 3.63) is 179 Å². The molecule has 0 bridgehead atoms. The molecule has 0 atom stereocenters. The summed E-state index contributed by atoms with van der Waals surface area (Å²) in [6.07, 6.45) is 23.5. The highest BCUT2D eigenvalue weighted by atomic mass is 14.2. The Morgan fingerprint density at radius 1 is 0.293 bits per heavy atom. The molecular weight excluding hydrogens is 697 g/mol. The van der Waals surface area contributed by atoms with Crippen LogP contribution < -0.4 is 0 Å². The summed E-state index contributed by atoms with van der Waals surface area (Å²) in [5.74, 6) is 0. The van der Waals surface area contributed by atoms with Gasteiger partial charge in [-0.2, -0.15) is 0 Å². The topological polar surface area (TPSA) is 0 Å². The number of rotatable bonds is 22. The van der Waals surface area contributed by atoms with Crippen LogP contribution in [0.2, 0.25) is 0 Å². The maximum atomic E-state index is 2.46. The van der Waals surface area contributed by atoms with E-state index in [4.69, 9.17) is 0 Å². The molecule has 0 radical (unpaired) electrons. The molecule has 6 aromatic rings. The Kier molecular flexibility index (Phi) is 16.8. The second-order valence-electron chi connectivity index (χ2n) is 16.5. The average Bonchev–Trinajstić information content (AvgIpc) is 3.28. The first-order chi connectivity index (χ1) is 28.6. The van der Waals surface area contributed by atoms with Crippen LogP contribution in [-0.2, 0) is 38.5 Å². The molecule has 0 saturated heterocycles. The quantitative estimate of drug-likeness (QED) is 0.0604. The molecule has 0 amide bonds. The number of aryl methyl sites for hydroxylation is 6. The zero-order valence-electron chi connectivity index (χ0n) is 36.2. The van der Waals surface area contributed by atoms with Crippen molar-refractivity contribution in [3.63, 3.8) is 0 Å². The third-order valence-electron chi connectivity index (χ3n) is 11.9. The molecule has 0 heteroatoms. The van der Waals surface area contributed by atoms with Gasteiger partial charge in [-0.15, -0.1) is 0 Å². The van der Waals surface area contributed by atoms with E-state index in [2.05, 4.69) is 173 Å². The van der Waals surface area contributed by atoms with Crippen LogP contribution >= 0.6 is 0 Å². The van der Waals surface area contributed by atoms with Gasteiger partial charge in [0.1, 0.15) is 0 Å². The summed E-state index contributed by atoms with van der Waals surface area (Å²) in [7, 11) is 0. The molecule has 0 unspecified atom stereocenters. The first-order valence-corrected chi connectivity index (χ1v) is 22.9. The average molecular weight is 765 g/mol. The molecule has 0 aromatic heterocycles. The molecule has 6 rings (SSSR count). The molecule has 0 spiro atoms. The number of benzene rings is 6. The van der Waals surface area contributed by atoms with Crippen LogP contribution in [0.5, 0.6) is 0 Å². The molecule has 300 valence electrons. The van der Waals surface area contributed by atoms with E-state index in [0.717, 1.165) is 51.4 Å². The Morgan fingerprint density at radius 2 is 0.569 bits per heavy atom. The summed E-state index contributed by atoms with van der Waals surface area (Å²) in [6, 6.07) is 51.6. The smallest absolute Gasteiger partial charge is 0.0151 e. The van der Waals surface area contributed by atoms with Crippen LogP contribution in [0.25, 0.3) is 44.5 Å². The summed E-state index contributed by atoms with van der Waals surface area (Å²) in [5, 5.41) is 0. The number of unbranched alkanes of at least 4 members (excludes halogenated alkanes) is 4. The molecule has 0 heterocycles. The molecule has 0 saturated carbocycles. The number of hydrogen-bond donors (Lipinski definition) is 0. The second-order valence-corrected chi connectivity index (χ2v) is 16.5. The Hall–Kier alpha value is -4.94. The molecule has 0 aliphatic carbocycles. The summed E-state index contributed by atoms with van der Waals surface area (Å²) in [5.41, 5.74) is 19.2. The van der Waals surface area contributed by atoms with Gasteiger partial charge in [-0.3, -0.25) is 0 Å². The van der Waals surface area contributed by atoms with E-state index in [-0.39, 0.29) is 0 Å². The van der Waals surface area contributed by atoms with Crippen molar-refractivity contribution in [2.45, 2.75) is 130 Å². The minimum absolute atomic E-state index is 1.02. The van der Waals surface area contributed by atoms with Crippen molar-refractivity contribution < 1.29 is 0 Å². The monoisotopic (exact) mass is 765 g/mol. The van der Waals surface area contributed by atoms with Gasteiger partial charge in [-0.1, -0.05) is 199 Å². The van der Waals surface area contributed by atoms with Gasteiger partial charge in [0.15, 0.2) is 0 Å². The minimum Gasteiger partial charge on any atom is -0.0882 e. The lowest BCUT2D eigenvalue weighted by atomic mass is 9.91. The summed E-state index contributed by atoms with van der Waals surface area (Å²) in [4.78, 5) is 0. The SMILES string of the molecule is CCCCc1ccc(-c2ccc(-c3ccc(CCCC)cc3)c(CCC=CCCc3cc(-c4ccc(CCCC)cc4)ccc3-c3ccc(CCCC)cc3)c2)cc1. The fourth-order valence-corrected chi connectivity index (χ4v) is 8.19. The standard InChI is InChI=1S/C58H68/c1-5-9-17-45-23-31-49(32-24-45)53-39-41-57(51-35-27-47(28-36-51)19-11-7-3)55(43-53)21-15-13-14-16-22-56-44-54(50-33-25-46(26-34-50)18-10-6-2)40-42-58(56)52-37-29-48(30-38-52)20-12-8-4/h13-14,23-44H,5-12,15-22H2,1-4H3. The number of hydrogen-bond acceptors (Lipinski definition) is 0. The molecule has 0 fully saturated rings. The Bertz CT molecular complexity index is 1970.